The monoisotopic (exact) mass is 234 g/mol. The summed E-state index contributed by atoms with van der Waals surface area (Å²) in [4.78, 5) is 0.0921. The van der Waals surface area contributed by atoms with Gasteiger partial charge in [-0.2, -0.15) is 0 Å². The summed E-state index contributed by atoms with van der Waals surface area (Å²) in [7, 11) is 1.54. The number of rotatable bonds is 1. The van der Waals surface area contributed by atoms with Crippen LogP contribution in [0.3, 0.4) is 0 Å². The van der Waals surface area contributed by atoms with Crippen molar-refractivity contribution in [2.45, 2.75) is 25.7 Å². The van der Waals surface area contributed by atoms with E-state index < -0.39 is 9.05 Å². The van der Waals surface area contributed by atoms with Gasteiger partial charge in [-0.3, -0.25) is 0 Å². The van der Waals surface area contributed by atoms with Crippen LogP contribution in [0.2, 0.25) is 0 Å². The fraction of sp³-hybridized carbons (Fsp3) is 0.333. The molecule has 5 heteroatoms. The van der Waals surface area contributed by atoms with E-state index in [0.29, 0.717) is 16.7 Å². The van der Waals surface area contributed by atoms with E-state index in [4.69, 9.17) is 10.7 Å². The molecular formula is C9H11ClO3S. The number of benzene rings is 1. The van der Waals surface area contributed by atoms with Crippen LogP contribution in [-0.2, 0) is 9.05 Å². The van der Waals surface area contributed by atoms with Gasteiger partial charge in [0.25, 0.3) is 9.05 Å². The molecule has 1 aromatic carbocycles. The zero-order chi connectivity index (χ0) is 11.1. The standard InChI is InChI=1S/C9H11ClO3S/c1-5-4-8(11)6(2)7(3)9(5)14(10,12)13/h4,11H,1-3H3. The molecule has 0 atom stereocenters. The summed E-state index contributed by atoms with van der Waals surface area (Å²) >= 11 is 0. The van der Waals surface area contributed by atoms with Crippen LogP contribution in [0.15, 0.2) is 11.0 Å². The zero-order valence-corrected chi connectivity index (χ0v) is 9.70. The van der Waals surface area contributed by atoms with Crippen molar-refractivity contribution in [2.75, 3.05) is 0 Å². The van der Waals surface area contributed by atoms with E-state index in [1.807, 2.05) is 0 Å². The molecule has 0 spiro atoms. The van der Waals surface area contributed by atoms with Crippen molar-refractivity contribution in [3.63, 3.8) is 0 Å². The van der Waals surface area contributed by atoms with E-state index in [1.54, 1.807) is 20.8 Å². The summed E-state index contributed by atoms with van der Waals surface area (Å²) in [6.45, 7) is 4.87. The molecule has 1 aromatic rings. The van der Waals surface area contributed by atoms with Gasteiger partial charge < -0.3 is 5.11 Å². The first-order valence-corrected chi connectivity index (χ1v) is 6.30. The summed E-state index contributed by atoms with van der Waals surface area (Å²) in [6.07, 6.45) is 0. The van der Waals surface area contributed by atoms with E-state index in [1.165, 1.54) is 6.07 Å². The molecule has 0 aliphatic rings. The lowest BCUT2D eigenvalue weighted by Gasteiger charge is -2.10. The predicted octanol–water partition coefficient (Wildman–Crippen LogP) is 2.24. The van der Waals surface area contributed by atoms with Gasteiger partial charge in [-0.15, -0.1) is 0 Å². The maximum absolute atomic E-state index is 11.2. The number of phenolic OH excluding ortho intramolecular Hbond substituents is 1. The number of phenols is 1. The number of halogens is 1. The highest BCUT2D eigenvalue weighted by molar-refractivity contribution is 8.13. The minimum Gasteiger partial charge on any atom is -0.508 e. The summed E-state index contributed by atoms with van der Waals surface area (Å²) in [5.41, 5.74) is 1.49. The summed E-state index contributed by atoms with van der Waals surface area (Å²) in [6, 6.07) is 1.40. The highest BCUT2D eigenvalue weighted by Crippen LogP contribution is 2.31. The molecule has 0 bridgehead atoms. The Morgan fingerprint density at radius 2 is 1.71 bits per heavy atom. The Morgan fingerprint density at radius 1 is 1.21 bits per heavy atom. The summed E-state index contributed by atoms with van der Waals surface area (Å²) in [5, 5.41) is 9.43. The predicted molar refractivity (Wildman–Crippen MR) is 55.4 cm³/mol. The molecule has 1 rings (SSSR count). The van der Waals surface area contributed by atoms with Crippen molar-refractivity contribution in [1.29, 1.82) is 0 Å². The van der Waals surface area contributed by atoms with Gasteiger partial charge in [0.05, 0.1) is 4.90 Å². The molecule has 0 saturated carbocycles. The lowest BCUT2D eigenvalue weighted by molar-refractivity contribution is 0.469. The molecule has 0 aromatic heterocycles. The first-order chi connectivity index (χ1) is 6.25. The van der Waals surface area contributed by atoms with Crippen LogP contribution in [0.4, 0.5) is 0 Å². The number of aryl methyl sites for hydroxylation is 1. The lowest BCUT2D eigenvalue weighted by atomic mass is 10.1. The van der Waals surface area contributed by atoms with Gasteiger partial charge in [0.1, 0.15) is 5.75 Å². The van der Waals surface area contributed by atoms with Gasteiger partial charge in [-0.1, -0.05) is 0 Å². The Hall–Kier alpha value is -0.740. The second-order valence-corrected chi connectivity index (χ2v) is 5.73. The van der Waals surface area contributed by atoms with E-state index in [9.17, 15) is 13.5 Å². The second-order valence-electron chi connectivity index (χ2n) is 3.23. The van der Waals surface area contributed by atoms with E-state index in [0.717, 1.165) is 0 Å². The van der Waals surface area contributed by atoms with Gasteiger partial charge in [0, 0.05) is 10.7 Å². The number of aromatic hydroxyl groups is 1. The van der Waals surface area contributed by atoms with Crippen LogP contribution in [0.5, 0.6) is 5.75 Å². The van der Waals surface area contributed by atoms with Crippen molar-refractivity contribution < 1.29 is 13.5 Å². The first kappa shape index (κ1) is 11.3. The van der Waals surface area contributed by atoms with Crippen molar-refractivity contribution in [2.24, 2.45) is 0 Å². The van der Waals surface area contributed by atoms with Gasteiger partial charge in [-0.05, 0) is 43.5 Å². The molecule has 14 heavy (non-hydrogen) atoms. The van der Waals surface area contributed by atoms with Crippen LogP contribution in [0.1, 0.15) is 16.7 Å². The molecule has 0 fully saturated rings. The van der Waals surface area contributed by atoms with Crippen LogP contribution in [0.25, 0.3) is 0 Å². The van der Waals surface area contributed by atoms with Crippen molar-refractivity contribution >= 4 is 19.7 Å². The molecular weight excluding hydrogens is 224 g/mol. The Labute approximate surface area is 87.8 Å². The molecule has 3 nitrogen and oxygen atoms in total. The van der Waals surface area contributed by atoms with Gasteiger partial charge >= 0.3 is 0 Å². The van der Waals surface area contributed by atoms with Gasteiger partial charge in [0.15, 0.2) is 0 Å². The molecule has 0 unspecified atom stereocenters. The first-order valence-electron chi connectivity index (χ1n) is 3.99. The number of hydrogen-bond donors (Lipinski definition) is 1. The Bertz CT molecular complexity index is 477. The van der Waals surface area contributed by atoms with Crippen LogP contribution >= 0.6 is 10.7 Å². The topological polar surface area (TPSA) is 54.4 Å². The highest BCUT2D eigenvalue weighted by Gasteiger charge is 2.19. The SMILES string of the molecule is Cc1cc(O)c(C)c(C)c1S(=O)(=O)Cl. The third kappa shape index (κ3) is 1.86. The van der Waals surface area contributed by atoms with Gasteiger partial charge in [-0.25, -0.2) is 8.42 Å². The van der Waals surface area contributed by atoms with Crippen molar-refractivity contribution in [1.82, 2.24) is 0 Å². The molecule has 1 N–H and O–H groups in total. The average Bonchev–Trinajstić information content (AvgIpc) is 1.97. The van der Waals surface area contributed by atoms with Crippen LogP contribution in [-0.4, -0.2) is 13.5 Å². The minimum atomic E-state index is -3.74. The molecule has 0 radical (unpaired) electrons. The fourth-order valence-corrected chi connectivity index (χ4v) is 3.09. The largest absolute Gasteiger partial charge is 0.508 e. The minimum absolute atomic E-state index is 0.0871. The van der Waals surface area contributed by atoms with Crippen molar-refractivity contribution in [3.8, 4) is 5.75 Å². The lowest BCUT2D eigenvalue weighted by Crippen LogP contribution is -2.00. The van der Waals surface area contributed by atoms with E-state index in [2.05, 4.69) is 0 Å². The Morgan fingerprint density at radius 3 is 2.14 bits per heavy atom. The Kier molecular flexibility index (Phi) is 2.78. The smallest absolute Gasteiger partial charge is 0.261 e. The summed E-state index contributed by atoms with van der Waals surface area (Å²) in [5.74, 6) is 0.0871. The van der Waals surface area contributed by atoms with E-state index >= 15 is 0 Å². The van der Waals surface area contributed by atoms with Gasteiger partial charge in [0.2, 0.25) is 0 Å². The van der Waals surface area contributed by atoms with Crippen LogP contribution in [0, 0.1) is 20.8 Å². The van der Waals surface area contributed by atoms with Crippen molar-refractivity contribution in [3.05, 3.63) is 22.8 Å². The average molecular weight is 235 g/mol. The maximum Gasteiger partial charge on any atom is 0.261 e. The van der Waals surface area contributed by atoms with E-state index in [-0.39, 0.29) is 10.6 Å². The molecule has 0 saturated heterocycles. The molecule has 78 valence electrons. The molecule has 0 aliphatic heterocycles. The maximum atomic E-state index is 11.2. The fourth-order valence-electron chi connectivity index (χ4n) is 1.41. The molecule has 0 heterocycles. The quantitative estimate of drug-likeness (QED) is 0.759. The second kappa shape index (κ2) is 3.44. The normalized spacial score (nSPS) is 11.7. The highest BCUT2D eigenvalue weighted by atomic mass is 35.7. The third-order valence-electron chi connectivity index (χ3n) is 2.24. The summed E-state index contributed by atoms with van der Waals surface area (Å²) < 4.78 is 22.4. The molecule has 0 amide bonds. The Balaban J connectivity index is 3.70. The third-order valence-corrected chi connectivity index (χ3v) is 3.82. The van der Waals surface area contributed by atoms with Crippen LogP contribution < -0.4 is 0 Å². The number of hydrogen-bond acceptors (Lipinski definition) is 3. The molecule has 0 aliphatic carbocycles. The zero-order valence-electron chi connectivity index (χ0n) is 8.13.